The van der Waals surface area contributed by atoms with Crippen LogP contribution in [0, 0.1) is 0 Å². The van der Waals surface area contributed by atoms with E-state index < -0.39 is 0 Å². The summed E-state index contributed by atoms with van der Waals surface area (Å²) < 4.78 is 6.18. The van der Waals surface area contributed by atoms with Crippen molar-refractivity contribution >= 4 is 43.0 Å². The number of benzene rings is 1. The number of rotatable bonds is 0. The van der Waals surface area contributed by atoms with Crippen LogP contribution in [0.1, 0.15) is 0 Å². The Morgan fingerprint density at radius 2 is 2.09 bits per heavy atom. The van der Waals surface area contributed by atoms with E-state index in [0.29, 0.717) is 4.80 Å². The molecule has 0 bridgehead atoms. The van der Waals surface area contributed by atoms with Gasteiger partial charge in [-0.2, -0.15) is 0 Å². The molecule has 2 rings (SSSR count). The van der Waals surface area contributed by atoms with Crippen LogP contribution in [-0.4, -0.2) is 4.98 Å². The molecule has 56 valence electrons. The molecule has 2 aromatic rings. The summed E-state index contributed by atoms with van der Waals surface area (Å²) in [6, 6.07) is 5.73. The van der Waals surface area contributed by atoms with Gasteiger partial charge >= 0.3 is 0 Å². The molecule has 1 heterocycles. The summed E-state index contributed by atoms with van der Waals surface area (Å²) in [6.45, 7) is 0. The van der Waals surface area contributed by atoms with E-state index in [9.17, 15) is 0 Å². The minimum Gasteiger partial charge on any atom is -0.430 e. The number of nitrogens with zero attached hydrogens (tertiary/aromatic N) is 1. The molecule has 0 saturated heterocycles. The van der Waals surface area contributed by atoms with Crippen molar-refractivity contribution in [1.29, 1.82) is 0 Å². The molecular formula is C7H3Br2NO. The Morgan fingerprint density at radius 3 is 2.82 bits per heavy atom. The molecule has 0 unspecified atom stereocenters. The van der Waals surface area contributed by atoms with Crippen molar-refractivity contribution in [3.05, 3.63) is 27.5 Å². The molecule has 0 spiro atoms. The second kappa shape index (κ2) is 2.60. The van der Waals surface area contributed by atoms with Crippen molar-refractivity contribution in [2.75, 3.05) is 0 Å². The zero-order valence-corrected chi connectivity index (χ0v) is 8.52. The van der Waals surface area contributed by atoms with Gasteiger partial charge in [0, 0.05) is 15.9 Å². The summed E-state index contributed by atoms with van der Waals surface area (Å²) in [5.74, 6) is 0. The lowest BCUT2D eigenvalue weighted by atomic mass is 10.3. The molecule has 0 atom stereocenters. The fourth-order valence-electron chi connectivity index (χ4n) is 0.888. The van der Waals surface area contributed by atoms with E-state index in [2.05, 4.69) is 36.8 Å². The minimum absolute atomic E-state index is 0.513. The number of fused-ring (bicyclic) bond motifs is 1. The molecule has 11 heavy (non-hydrogen) atoms. The number of para-hydroxylation sites is 1. The average molecular weight is 277 g/mol. The first-order chi connectivity index (χ1) is 5.27. The summed E-state index contributed by atoms with van der Waals surface area (Å²) in [5, 5.41) is 0. The van der Waals surface area contributed by atoms with Crippen LogP contribution in [-0.2, 0) is 0 Å². The zero-order chi connectivity index (χ0) is 7.84. The van der Waals surface area contributed by atoms with Gasteiger partial charge in [0.2, 0.25) is 0 Å². The highest BCUT2D eigenvalue weighted by molar-refractivity contribution is 9.11. The molecule has 0 aliphatic rings. The van der Waals surface area contributed by atoms with Crippen LogP contribution in [0.4, 0.5) is 0 Å². The normalized spacial score (nSPS) is 10.7. The summed E-state index contributed by atoms with van der Waals surface area (Å²) >= 11 is 6.52. The summed E-state index contributed by atoms with van der Waals surface area (Å²) in [4.78, 5) is 4.61. The molecule has 0 aliphatic carbocycles. The van der Waals surface area contributed by atoms with Gasteiger partial charge < -0.3 is 4.42 Å². The zero-order valence-electron chi connectivity index (χ0n) is 5.34. The van der Waals surface area contributed by atoms with Crippen LogP contribution in [0.15, 0.2) is 31.9 Å². The lowest BCUT2D eigenvalue weighted by molar-refractivity contribution is 0.569. The van der Waals surface area contributed by atoms with Gasteiger partial charge in [0.25, 0.3) is 4.80 Å². The Labute approximate surface area is 79.9 Å². The maximum atomic E-state index is 5.26. The third kappa shape index (κ3) is 1.20. The number of oxazole rings is 1. The van der Waals surface area contributed by atoms with Crippen molar-refractivity contribution < 1.29 is 4.42 Å². The van der Waals surface area contributed by atoms with E-state index in [-0.39, 0.29) is 0 Å². The maximum absolute atomic E-state index is 5.26. The molecule has 0 radical (unpaired) electrons. The number of hydrogen-bond acceptors (Lipinski definition) is 2. The van der Waals surface area contributed by atoms with Crippen molar-refractivity contribution in [1.82, 2.24) is 4.98 Å². The predicted octanol–water partition coefficient (Wildman–Crippen LogP) is 3.35. The van der Waals surface area contributed by atoms with Gasteiger partial charge in [0.05, 0.1) is 4.47 Å². The van der Waals surface area contributed by atoms with E-state index in [1.54, 1.807) is 0 Å². The fourth-order valence-corrected chi connectivity index (χ4v) is 1.68. The van der Waals surface area contributed by atoms with Crippen LogP contribution in [0.3, 0.4) is 0 Å². The highest BCUT2D eigenvalue weighted by Gasteiger charge is 2.04. The fraction of sp³-hybridized carbons (Fsp3) is 0. The SMILES string of the molecule is Brc1nc2cccc(Br)c2o1. The average Bonchev–Trinajstić information content (AvgIpc) is 2.31. The Morgan fingerprint density at radius 1 is 1.27 bits per heavy atom. The van der Waals surface area contributed by atoms with Gasteiger partial charge in [-0.05, 0) is 28.1 Å². The molecule has 0 fully saturated rings. The summed E-state index contributed by atoms with van der Waals surface area (Å²) in [5.41, 5.74) is 1.63. The molecule has 0 saturated carbocycles. The first kappa shape index (κ1) is 7.31. The van der Waals surface area contributed by atoms with Crippen molar-refractivity contribution in [3.63, 3.8) is 0 Å². The highest BCUT2D eigenvalue weighted by Crippen LogP contribution is 2.26. The molecule has 4 heteroatoms. The van der Waals surface area contributed by atoms with Gasteiger partial charge in [0.1, 0.15) is 5.52 Å². The Balaban J connectivity index is 2.90. The largest absolute Gasteiger partial charge is 0.430 e. The topological polar surface area (TPSA) is 26.0 Å². The number of hydrogen-bond donors (Lipinski definition) is 0. The predicted molar refractivity (Wildman–Crippen MR) is 49.4 cm³/mol. The van der Waals surface area contributed by atoms with E-state index in [4.69, 9.17) is 4.42 Å². The van der Waals surface area contributed by atoms with E-state index >= 15 is 0 Å². The first-order valence-electron chi connectivity index (χ1n) is 2.98. The van der Waals surface area contributed by atoms with Gasteiger partial charge in [-0.25, -0.2) is 4.98 Å². The monoisotopic (exact) mass is 275 g/mol. The Kier molecular flexibility index (Phi) is 1.73. The number of aromatic nitrogens is 1. The second-order valence-corrected chi connectivity index (χ2v) is 3.59. The van der Waals surface area contributed by atoms with E-state index in [1.807, 2.05) is 18.2 Å². The third-order valence-corrected chi connectivity index (χ3v) is 2.30. The van der Waals surface area contributed by atoms with Crippen LogP contribution >= 0.6 is 31.9 Å². The van der Waals surface area contributed by atoms with Gasteiger partial charge in [-0.1, -0.05) is 6.07 Å². The summed E-state index contributed by atoms with van der Waals surface area (Å²) in [7, 11) is 0. The van der Waals surface area contributed by atoms with E-state index in [1.165, 1.54) is 0 Å². The van der Waals surface area contributed by atoms with Crippen LogP contribution in [0.25, 0.3) is 11.1 Å². The van der Waals surface area contributed by atoms with Crippen molar-refractivity contribution in [2.45, 2.75) is 0 Å². The molecule has 0 N–H and O–H groups in total. The molecule has 0 aliphatic heterocycles. The van der Waals surface area contributed by atoms with Crippen LogP contribution in [0.5, 0.6) is 0 Å². The second-order valence-electron chi connectivity index (χ2n) is 2.05. The van der Waals surface area contributed by atoms with Crippen molar-refractivity contribution in [2.24, 2.45) is 0 Å². The molecule has 1 aromatic carbocycles. The highest BCUT2D eigenvalue weighted by atomic mass is 79.9. The summed E-state index contributed by atoms with van der Waals surface area (Å²) in [6.07, 6.45) is 0. The van der Waals surface area contributed by atoms with Gasteiger partial charge in [-0.15, -0.1) is 0 Å². The standard InChI is InChI=1S/C7H3Br2NO/c8-4-2-1-3-5-6(4)11-7(9)10-5/h1-3H. The Bertz CT molecular complexity index is 396. The Hall–Kier alpha value is -0.350. The number of halogens is 2. The van der Waals surface area contributed by atoms with Crippen molar-refractivity contribution in [3.8, 4) is 0 Å². The molecule has 2 nitrogen and oxygen atoms in total. The maximum Gasteiger partial charge on any atom is 0.265 e. The lowest BCUT2D eigenvalue weighted by Crippen LogP contribution is -1.66. The van der Waals surface area contributed by atoms with E-state index in [0.717, 1.165) is 15.6 Å². The quantitative estimate of drug-likeness (QED) is 0.738. The minimum atomic E-state index is 0.513. The van der Waals surface area contributed by atoms with Gasteiger partial charge in [-0.3, -0.25) is 0 Å². The molecule has 1 aromatic heterocycles. The first-order valence-corrected chi connectivity index (χ1v) is 4.56. The molecule has 0 amide bonds. The smallest absolute Gasteiger partial charge is 0.265 e. The lowest BCUT2D eigenvalue weighted by Gasteiger charge is -1.87. The van der Waals surface area contributed by atoms with Crippen LogP contribution < -0.4 is 0 Å². The van der Waals surface area contributed by atoms with Crippen LogP contribution in [0.2, 0.25) is 0 Å². The molecular weight excluding hydrogens is 274 g/mol. The third-order valence-electron chi connectivity index (χ3n) is 1.34. The van der Waals surface area contributed by atoms with Gasteiger partial charge in [0.15, 0.2) is 5.58 Å².